The molecule has 0 saturated heterocycles. The molecule has 3 N–H and O–H groups in total. The summed E-state index contributed by atoms with van der Waals surface area (Å²) in [5, 5.41) is 3.25. The molecule has 18 heavy (non-hydrogen) atoms. The molecule has 4 heteroatoms. The first kappa shape index (κ1) is 14.7. The Balaban J connectivity index is 2.17. The quantitative estimate of drug-likeness (QED) is 0.685. The number of carbonyl (C=O) groups excluding carboxylic acids is 1. The molecule has 1 aromatic carbocycles. The van der Waals surface area contributed by atoms with Crippen molar-refractivity contribution >= 4 is 5.91 Å². The minimum Gasteiger partial charge on any atom is -0.370 e. The van der Waals surface area contributed by atoms with Gasteiger partial charge in [0.15, 0.2) is 0 Å². The van der Waals surface area contributed by atoms with E-state index in [1.54, 1.807) is 0 Å². The van der Waals surface area contributed by atoms with Crippen molar-refractivity contribution in [2.24, 2.45) is 5.73 Å². The summed E-state index contributed by atoms with van der Waals surface area (Å²) in [6.07, 6.45) is 0. The molecule has 4 nitrogen and oxygen atoms in total. The molecule has 0 unspecified atom stereocenters. The maximum Gasteiger partial charge on any atom is 0.243 e. The second-order valence-electron chi connectivity index (χ2n) is 4.59. The fraction of sp³-hybridized carbons (Fsp3) is 0.500. The lowest BCUT2D eigenvalue weighted by molar-refractivity contribution is -0.122. The van der Waals surface area contributed by atoms with Gasteiger partial charge in [-0.2, -0.15) is 0 Å². The van der Waals surface area contributed by atoms with Crippen molar-refractivity contribution in [3.8, 4) is 0 Å². The average molecular weight is 250 g/mol. The van der Waals surface area contributed by atoms with Gasteiger partial charge in [0.1, 0.15) is 6.61 Å². The Labute approximate surface area is 109 Å². The van der Waals surface area contributed by atoms with Crippen LogP contribution in [0.15, 0.2) is 24.3 Å². The smallest absolute Gasteiger partial charge is 0.243 e. The van der Waals surface area contributed by atoms with Gasteiger partial charge in [0.05, 0.1) is 6.61 Å². The molecule has 0 radical (unpaired) electrons. The molecular weight excluding hydrogens is 228 g/mol. The molecule has 0 saturated carbocycles. The van der Waals surface area contributed by atoms with E-state index >= 15 is 0 Å². The van der Waals surface area contributed by atoms with Gasteiger partial charge in [0, 0.05) is 13.1 Å². The molecule has 0 aromatic heterocycles. The zero-order valence-corrected chi connectivity index (χ0v) is 11.1. The summed E-state index contributed by atoms with van der Waals surface area (Å²) in [7, 11) is 0. The van der Waals surface area contributed by atoms with Crippen molar-refractivity contribution in [1.29, 1.82) is 0 Å². The predicted molar refractivity (Wildman–Crippen MR) is 72.3 cm³/mol. The van der Waals surface area contributed by atoms with Crippen LogP contribution in [-0.2, 0) is 16.1 Å². The first-order chi connectivity index (χ1) is 8.59. The third-order valence-electron chi connectivity index (χ3n) is 2.64. The molecule has 0 fully saturated rings. The van der Waals surface area contributed by atoms with Crippen molar-refractivity contribution < 1.29 is 9.53 Å². The molecule has 0 atom stereocenters. The molecule has 1 aromatic rings. The van der Waals surface area contributed by atoms with Crippen LogP contribution in [0.25, 0.3) is 0 Å². The number of primary amides is 1. The lowest BCUT2D eigenvalue weighted by Gasteiger charge is -2.08. The number of rotatable bonds is 8. The summed E-state index contributed by atoms with van der Waals surface area (Å²) in [5.74, 6) is 0.133. The molecule has 0 spiro atoms. The molecule has 1 amide bonds. The van der Waals surface area contributed by atoms with Crippen LogP contribution in [0, 0.1) is 0 Å². The maximum absolute atomic E-state index is 10.4. The number of carbonyl (C=O) groups is 1. The highest BCUT2D eigenvalue weighted by atomic mass is 16.5. The Morgan fingerprint density at radius 3 is 2.56 bits per heavy atom. The van der Waals surface area contributed by atoms with Gasteiger partial charge in [-0.05, 0) is 17.0 Å². The highest BCUT2D eigenvalue weighted by molar-refractivity contribution is 5.74. The summed E-state index contributed by atoms with van der Waals surface area (Å²) in [6.45, 7) is 6.36. The number of ether oxygens (including phenoxy) is 1. The van der Waals surface area contributed by atoms with Gasteiger partial charge in [0.2, 0.25) is 5.91 Å². The summed E-state index contributed by atoms with van der Waals surface area (Å²) in [6, 6.07) is 8.58. The first-order valence-corrected chi connectivity index (χ1v) is 6.25. The minimum atomic E-state index is -0.431. The van der Waals surface area contributed by atoms with E-state index < -0.39 is 5.91 Å². The molecular formula is C14H22N2O2. The number of amides is 1. The molecule has 0 bridgehead atoms. The largest absolute Gasteiger partial charge is 0.370 e. The lowest BCUT2D eigenvalue weighted by Crippen LogP contribution is -2.23. The highest BCUT2D eigenvalue weighted by Gasteiger charge is 1.99. The number of nitrogens with two attached hydrogens (primary N) is 1. The van der Waals surface area contributed by atoms with E-state index in [2.05, 4.69) is 43.4 Å². The van der Waals surface area contributed by atoms with Gasteiger partial charge in [-0.1, -0.05) is 38.1 Å². The van der Waals surface area contributed by atoms with Crippen LogP contribution >= 0.6 is 0 Å². The zero-order chi connectivity index (χ0) is 13.4. The summed E-state index contributed by atoms with van der Waals surface area (Å²) < 4.78 is 5.05. The molecule has 0 aliphatic carbocycles. The number of hydrogen-bond donors (Lipinski definition) is 2. The van der Waals surface area contributed by atoms with Crippen LogP contribution in [0.4, 0.5) is 0 Å². The first-order valence-electron chi connectivity index (χ1n) is 6.25. The van der Waals surface area contributed by atoms with Crippen LogP contribution in [-0.4, -0.2) is 25.7 Å². The molecule has 0 aliphatic rings. The predicted octanol–water partition coefficient (Wildman–Crippen LogP) is 1.40. The van der Waals surface area contributed by atoms with Crippen LogP contribution < -0.4 is 11.1 Å². The van der Waals surface area contributed by atoms with E-state index in [1.807, 2.05) is 0 Å². The van der Waals surface area contributed by atoms with E-state index in [4.69, 9.17) is 10.5 Å². The van der Waals surface area contributed by atoms with Crippen molar-refractivity contribution in [1.82, 2.24) is 5.32 Å². The number of benzene rings is 1. The Bertz CT molecular complexity index is 361. The SMILES string of the molecule is CC(C)c1ccc(CNCCOCC(N)=O)cc1. The molecule has 100 valence electrons. The molecule has 1 rings (SSSR count). The lowest BCUT2D eigenvalue weighted by atomic mass is 10.0. The van der Waals surface area contributed by atoms with Gasteiger partial charge in [-0.3, -0.25) is 4.79 Å². The van der Waals surface area contributed by atoms with Gasteiger partial charge >= 0.3 is 0 Å². The third kappa shape index (κ3) is 5.80. The van der Waals surface area contributed by atoms with Crippen LogP contribution in [0.5, 0.6) is 0 Å². The Morgan fingerprint density at radius 1 is 1.33 bits per heavy atom. The average Bonchev–Trinajstić information content (AvgIpc) is 2.34. The molecule has 0 heterocycles. The van der Waals surface area contributed by atoms with Gasteiger partial charge in [-0.25, -0.2) is 0 Å². The van der Waals surface area contributed by atoms with E-state index in [-0.39, 0.29) is 6.61 Å². The standard InChI is InChI=1S/C14H22N2O2/c1-11(2)13-5-3-12(4-6-13)9-16-7-8-18-10-14(15)17/h3-6,11,16H,7-10H2,1-2H3,(H2,15,17). The van der Waals surface area contributed by atoms with E-state index in [0.717, 1.165) is 6.54 Å². The Kier molecular flexibility index (Phi) is 6.39. The van der Waals surface area contributed by atoms with E-state index in [0.29, 0.717) is 19.1 Å². The van der Waals surface area contributed by atoms with Crippen LogP contribution in [0.1, 0.15) is 30.9 Å². The maximum atomic E-state index is 10.4. The van der Waals surface area contributed by atoms with Crippen LogP contribution in [0.3, 0.4) is 0 Å². The van der Waals surface area contributed by atoms with Crippen LogP contribution in [0.2, 0.25) is 0 Å². The van der Waals surface area contributed by atoms with Crippen molar-refractivity contribution in [2.75, 3.05) is 19.8 Å². The van der Waals surface area contributed by atoms with Gasteiger partial charge in [0.25, 0.3) is 0 Å². The fourth-order valence-corrected chi connectivity index (χ4v) is 1.57. The van der Waals surface area contributed by atoms with Gasteiger partial charge in [-0.15, -0.1) is 0 Å². The van der Waals surface area contributed by atoms with Crippen molar-refractivity contribution in [3.05, 3.63) is 35.4 Å². The normalized spacial score (nSPS) is 10.8. The second-order valence-corrected chi connectivity index (χ2v) is 4.59. The zero-order valence-electron chi connectivity index (χ0n) is 11.1. The topological polar surface area (TPSA) is 64.3 Å². The second kappa shape index (κ2) is 7.84. The van der Waals surface area contributed by atoms with Gasteiger partial charge < -0.3 is 15.8 Å². The number of hydrogen-bond acceptors (Lipinski definition) is 3. The summed E-state index contributed by atoms with van der Waals surface area (Å²) in [5.41, 5.74) is 7.55. The Hall–Kier alpha value is -1.39. The summed E-state index contributed by atoms with van der Waals surface area (Å²) >= 11 is 0. The third-order valence-corrected chi connectivity index (χ3v) is 2.64. The highest BCUT2D eigenvalue weighted by Crippen LogP contribution is 2.14. The fourth-order valence-electron chi connectivity index (χ4n) is 1.57. The summed E-state index contributed by atoms with van der Waals surface area (Å²) in [4.78, 5) is 10.4. The number of nitrogens with one attached hydrogen (secondary N) is 1. The van der Waals surface area contributed by atoms with E-state index in [9.17, 15) is 4.79 Å². The van der Waals surface area contributed by atoms with Crippen molar-refractivity contribution in [3.63, 3.8) is 0 Å². The minimum absolute atomic E-state index is 0.00916. The molecule has 0 aliphatic heterocycles. The monoisotopic (exact) mass is 250 g/mol. The Morgan fingerprint density at radius 2 is 2.00 bits per heavy atom. The van der Waals surface area contributed by atoms with E-state index in [1.165, 1.54) is 11.1 Å². The van der Waals surface area contributed by atoms with Crippen molar-refractivity contribution in [2.45, 2.75) is 26.3 Å².